The van der Waals surface area contributed by atoms with Gasteiger partial charge in [0, 0.05) is 17.2 Å². The monoisotopic (exact) mass is 421 g/mol. The molecule has 2 aliphatic heterocycles. The van der Waals surface area contributed by atoms with E-state index in [1.807, 2.05) is 38.1 Å². The fraction of sp³-hybridized carbons (Fsp3) is 0.250. The summed E-state index contributed by atoms with van der Waals surface area (Å²) >= 11 is 0. The Morgan fingerprint density at radius 1 is 1.06 bits per heavy atom. The van der Waals surface area contributed by atoms with Gasteiger partial charge in [-0.2, -0.15) is 0 Å². The van der Waals surface area contributed by atoms with Gasteiger partial charge in [-0.3, -0.25) is 0 Å². The summed E-state index contributed by atoms with van der Waals surface area (Å²) in [5.74, 6) is 2.38. The molecule has 0 fully saturated rings. The van der Waals surface area contributed by atoms with Crippen molar-refractivity contribution in [3.8, 4) is 23.0 Å². The minimum absolute atomic E-state index is 0.216. The lowest BCUT2D eigenvalue weighted by Crippen LogP contribution is -2.08. The van der Waals surface area contributed by atoms with E-state index in [4.69, 9.17) is 23.7 Å². The van der Waals surface area contributed by atoms with E-state index in [0.29, 0.717) is 36.9 Å². The number of hydrogen-bond acceptors (Lipinski definition) is 7. The molecule has 7 nitrogen and oxygen atoms in total. The number of esters is 1. The molecule has 160 valence electrons. The number of carbonyl (C=O) groups excluding carboxylic acids is 1. The van der Waals surface area contributed by atoms with Crippen LogP contribution in [0, 0.1) is 0 Å². The van der Waals surface area contributed by atoms with Gasteiger partial charge in [-0.15, -0.1) is 0 Å². The molecule has 2 aliphatic rings. The van der Waals surface area contributed by atoms with Gasteiger partial charge in [-0.1, -0.05) is 0 Å². The first-order chi connectivity index (χ1) is 15.1. The summed E-state index contributed by atoms with van der Waals surface area (Å²) in [6.07, 6.45) is 3.64. The maximum absolute atomic E-state index is 12.4. The molecule has 0 amide bonds. The van der Waals surface area contributed by atoms with Crippen molar-refractivity contribution in [3.63, 3.8) is 0 Å². The highest BCUT2D eigenvalue weighted by molar-refractivity contribution is 6.11. The molecule has 0 aliphatic carbocycles. The van der Waals surface area contributed by atoms with Crippen LogP contribution in [-0.2, 0) is 9.53 Å². The predicted octanol–water partition coefficient (Wildman–Crippen LogP) is 4.16. The minimum Gasteiger partial charge on any atom is -0.497 e. The summed E-state index contributed by atoms with van der Waals surface area (Å²) in [4.78, 5) is 16.8. The van der Waals surface area contributed by atoms with E-state index >= 15 is 0 Å². The quantitative estimate of drug-likeness (QED) is 0.494. The molecular formula is C24H23NO6. The Kier molecular flexibility index (Phi) is 5.93. The van der Waals surface area contributed by atoms with Gasteiger partial charge in [0.2, 0.25) is 5.90 Å². The molecule has 4 rings (SSSR count). The average Bonchev–Trinajstić information content (AvgIpc) is 3.15. The van der Waals surface area contributed by atoms with Gasteiger partial charge >= 0.3 is 5.97 Å². The lowest BCUT2D eigenvalue weighted by atomic mass is 10.1. The van der Waals surface area contributed by atoms with Gasteiger partial charge in [0.05, 0.1) is 20.3 Å². The third-order valence-electron chi connectivity index (χ3n) is 4.69. The lowest BCUT2D eigenvalue weighted by Gasteiger charge is -2.16. The molecule has 7 heteroatoms. The maximum atomic E-state index is 12.4. The Labute approximate surface area is 180 Å². The van der Waals surface area contributed by atoms with Crippen LogP contribution in [0.1, 0.15) is 25.0 Å². The number of methoxy groups -OCH3 is 1. The van der Waals surface area contributed by atoms with Crippen LogP contribution >= 0.6 is 0 Å². The SMILES string of the molecule is CCOc1ccc(C2=N/C(=C/C3=Cc4ccc(OC)cc4OC3)C(=O)O2)cc1OCC. The van der Waals surface area contributed by atoms with Crippen LogP contribution in [0.5, 0.6) is 23.0 Å². The smallest absolute Gasteiger partial charge is 0.363 e. The fourth-order valence-electron chi connectivity index (χ4n) is 3.26. The van der Waals surface area contributed by atoms with Crippen LogP contribution in [0.2, 0.25) is 0 Å². The molecule has 0 spiro atoms. The molecule has 0 N–H and O–H groups in total. The molecule has 0 atom stereocenters. The van der Waals surface area contributed by atoms with E-state index in [1.165, 1.54) is 0 Å². The number of hydrogen-bond donors (Lipinski definition) is 0. The standard InChI is InChI=1S/C24H23NO6/c1-4-28-20-9-7-17(12-22(20)29-5-2)23-25-19(24(26)31-23)11-15-10-16-6-8-18(27-3)13-21(16)30-14-15/h6-13H,4-5,14H2,1-3H3/b19-11+. The number of cyclic esters (lactones) is 1. The summed E-state index contributed by atoms with van der Waals surface area (Å²) in [6.45, 7) is 5.13. The van der Waals surface area contributed by atoms with Gasteiger partial charge < -0.3 is 23.7 Å². The number of fused-ring (bicyclic) bond motifs is 1. The lowest BCUT2D eigenvalue weighted by molar-refractivity contribution is -0.130. The zero-order chi connectivity index (χ0) is 21.8. The summed E-state index contributed by atoms with van der Waals surface area (Å²) < 4.78 is 27.6. The van der Waals surface area contributed by atoms with Crippen molar-refractivity contribution in [2.24, 2.45) is 4.99 Å². The molecule has 31 heavy (non-hydrogen) atoms. The number of nitrogens with zero attached hydrogens (tertiary/aromatic N) is 1. The third-order valence-corrected chi connectivity index (χ3v) is 4.69. The second-order valence-corrected chi connectivity index (χ2v) is 6.78. The van der Waals surface area contributed by atoms with E-state index in [-0.39, 0.29) is 11.6 Å². The first-order valence-electron chi connectivity index (χ1n) is 10.0. The summed E-state index contributed by atoms with van der Waals surface area (Å²) in [5, 5.41) is 0. The molecule has 0 saturated heterocycles. The van der Waals surface area contributed by atoms with Crippen molar-refractivity contribution in [1.29, 1.82) is 0 Å². The number of ether oxygens (including phenoxy) is 5. The Bertz CT molecular complexity index is 1100. The van der Waals surface area contributed by atoms with Crippen LogP contribution in [0.15, 0.2) is 58.7 Å². The van der Waals surface area contributed by atoms with Crippen LogP contribution < -0.4 is 18.9 Å². The fourth-order valence-corrected chi connectivity index (χ4v) is 3.26. The molecule has 2 heterocycles. The van der Waals surface area contributed by atoms with Crippen molar-refractivity contribution in [2.75, 3.05) is 26.9 Å². The summed E-state index contributed by atoms with van der Waals surface area (Å²) in [7, 11) is 1.61. The molecule has 2 aromatic carbocycles. The van der Waals surface area contributed by atoms with Crippen molar-refractivity contribution < 1.29 is 28.5 Å². The molecule has 0 unspecified atom stereocenters. The zero-order valence-electron chi connectivity index (χ0n) is 17.6. The summed E-state index contributed by atoms with van der Waals surface area (Å²) in [6, 6.07) is 10.9. The van der Waals surface area contributed by atoms with Gasteiger partial charge in [-0.05, 0) is 61.9 Å². The molecule has 0 saturated carbocycles. The minimum atomic E-state index is -0.511. The average molecular weight is 421 g/mol. The van der Waals surface area contributed by atoms with Crippen molar-refractivity contribution >= 4 is 17.9 Å². The zero-order valence-corrected chi connectivity index (χ0v) is 17.6. The number of benzene rings is 2. The van der Waals surface area contributed by atoms with E-state index in [9.17, 15) is 4.79 Å². The molecule has 0 bridgehead atoms. The Hall–Kier alpha value is -3.74. The van der Waals surface area contributed by atoms with Gasteiger partial charge in [0.1, 0.15) is 18.1 Å². The van der Waals surface area contributed by atoms with Gasteiger partial charge in [-0.25, -0.2) is 9.79 Å². The first kappa shape index (κ1) is 20.5. The maximum Gasteiger partial charge on any atom is 0.363 e. The number of carbonyl (C=O) groups is 1. The topological polar surface area (TPSA) is 75.6 Å². The highest BCUT2D eigenvalue weighted by atomic mass is 16.6. The van der Waals surface area contributed by atoms with Crippen LogP contribution in [-0.4, -0.2) is 38.8 Å². The van der Waals surface area contributed by atoms with Crippen molar-refractivity contribution in [1.82, 2.24) is 0 Å². The molecule has 2 aromatic rings. The van der Waals surface area contributed by atoms with Crippen LogP contribution in [0.25, 0.3) is 6.08 Å². The molecular weight excluding hydrogens is 398 g/mol. The van der Waals surface area contributed by atoms with Crippen molar-refractivity contribution in [3.05, 3.63) is 64.9 Å². The highest BCUT2D eigenvalue weighted by Crippen LogP contribution is 2.32. The highest BCUT2D eigenvalue weighted by Gasteiger charge is 2.26. The second kappa shape index (κ2) is 8.95. The largest absolute Gasteiger partial charge is 0.497 e. The predicted molar refractivity (Wildman–Crippen MR) is 116 cm³/mol. The number of aliphatic imine (C=N–C) groups is 1. The Morgan fingerprint density at radius 2 is 1.87 bits per heavy atom. The van der Waals surface area contributed by atoms with Crippen molar-refractivity contribution in [2.45, 2.75) is 13.8 Å². The van der Waals surface area contributed by atoms with Gasteiger partial charge in [0.25, 0.3) is 0 Å². The Morgan fingerprint density at radius 3 is 2.65 bits per heavy atom. The van der Waals surface area contributed by atoms with Crippen LogP contribution in [0.4, 0.5) is 0 Å². The first-order valence-corrected chi connectivity index (χ1v) is 10.0. The van der Waals surface area contributed by atoms with Gasteiger partial charge in [0.15, 0.2) is 17.2 Å². The second-order valence-electron chi connectivity index (χ2n) is 6.78. The van der Waals surface area contributed by atoms with Crippen LogP contribution in [0.3, 0.4) is 0 Å². The van der Waals surface area contributed by atoms with E-state index < -0.39 is 5.97 Å². The number of rotatable bonds is 7. The Balaban J connectivity index is 1.60. The van der Waals surface area contributed by atoms with E-state index in [2.05, 4.69) is 4.99 Å². The van der Waals surface area contributed by atoms with E-state index in [0.717, 1.165) is 22.6 Å². The molecule has 0 radical (unpaired) electrons. The molecule has 0 aromatic heterocycles. The van der Waals surface area contributed by atoms with E-state index in [1.54, 1.807) is 31.4 Å². The summed E-state index contributed by atoms with van der Waals surface area (Å²) in [5.41, 5.74) is 2.57. The third kappa shape index (κ3) is 4.40. The normalized spacial score (nSPS) is 16.1.